The number of aromatic nitrogens is 1. The minimum absolute atomic E-state index is 0.165. The monoisotopic (exact) mass is 446 g/mol. The summed E-state index contributed by atoms with van der Waals surface area (Å²) < 4.78 is 10.8. The normalized spacial score (nSPS) is 10.9. The molecule has 2 aromatic carbocycles. The molecular formula is C23H24Cl2N2O3. The predicted molar refractivity (Wildman–Crippen MR) is 121 cm³/mol. The average molecular weight is 447 g/mol. The van der Waals surface area contributed by atoms with Gasteiger partial charge in [0.25, 0.3) is 0 Å². The van der Waals surface area contributed by atoms with Crippen molar-refractivity contribution in [2.24, 2.45) is 0 Å². The Balaban J connectivity index is 1.84. The van der Waals surface area contributed by atoms with Gasteiger partial charge in [-0.05, 0) is 87.1 Å². The molecule has 0 aliphatic heterocycles. The zero-order valence-electron chi connectivity index (χ0n) is 17.9. The van der Waals surface area contributed by atoms with Crippen LogP contribution in [0.3, 0.4) is 0 Å². The van der Waals surface area contributed by atoms with Gasteiger partial charge in [-0.25, -0.2) is 4.79 Å². The maximum absolute atomic E-state index is 12.6. The molecule has 1 amide bonds. The van der Waals surface area contributed by atoms with Gasteiger partial charge < -0.3 is 9.26 Å². The Bertz CT molecular complexity index is 1090. The van der Waals surface area contributed by atoms with Crippen LogP contribution in [0.5, 0.6) is 0 Å². The SMILES string of the molecule is Cc1onc(-c2c(Cl)cccc2Cl)c1NC(=O)OCc1c(C)c(C)c(C)c(C)c1C. The number of aryl methyl sites for hydroxylation is 1. The second-order valence-corrected chi connectivity index (χ2v) is 8.18. The lowest BCUT2D eigenvalue weighted by Crippen LogP contribution is -2.16. The Morgan fingerprint density at radius 3 is 2.07 bits per heavy atom. The molecule has 1 aromatic heterocycles. The number of ether oxygens (including phenoxy) is 1. The van der Waals surface area contributed by atoms with Crippen LogP contribution in [0.25, 0.3) is 11.3 Å². The summed E-state index contributed by atoms with van der Waals surface area (Å²) >= 11 is 12.6. The molecule has 0 saturated heterocycles. The number of benzene rings is 2. The molecule has 3 rings (SSSR count). The molecule has 0 aliphatic rings. The van der Waals surface area contributed by atoms with Gasteiger partial charge in [-0.3, -0.25) is 5.32 Å². The van der Waals surface area contributed by atoms with E-state index in [9.17, 15) is 4.79 Å². The summed E-state index contributed by atoms with van der Waals surface area (Å²) in [6.07, 6.45) is -0.611. The van der Waals surface area contributed by atoms with E-state index in [4.69, 9.17) is 32.5 Å². The highest BCUT2D eigenvalue weighted by Crippen LogP contribution is 2.39. The van der Waals surface area contributed by atoms with Crippen LogP contribution >= 0.6 is 23.2 Å². The van der Waals surface area contributed by atoms with E-state index in [1.807, 2.05) is 13.8 Å². The van der Waals surface area contributed by atoms with Gasteiger partial charge >= 0.3 is 6.09 Å². The second kappa shape index (κ2) is 8.70. The summed E-state index contributed by atoms with van der Waals surface area (Å²) in [4.78, 5) is 12.6. The van der Waals surface area contributed by atoms with Crippen molar-refractivity contribution in [2.75, 3.05) is 5.32 Å². The summed E-state index contributed by atoms with van der Waals surface area (Å²) in [6, 6.07) is 5.13. The van der Waals surface area contributed by atoms with Crippen molar-refractivity contribution in [2.45, 2.75) is 48.1 Å². The van der Waals surface area contributed by atoms with Crippen LogP contribution in [0.15, 0.2) is 22.7 Å². The predicted octanol–water partition coefficient (Wildman–Crippen LogP) is 7.25. The molecule has 0 unspecified atom stereocenters. The number of amides is 1. The minimum atomic E-state index is -0.611. The van der Waals surface area contributed by atoms with Crippen LogP contribution in [0.4, 0.5) is 10.5 Å². The van der Waals surface area contributed by atoms with E-state index < -0.39 is 6.09 Å². The van der Waals surface area contributed by atoms with Crippen LogP contribution in [-0.4, -0.2) is 11.2 Å². The molecule has 3 aromatic rings. The third kappa shape index (κ3) is 4.05. The Morgan fingerprint density at radius 2 is 1.50 bits per heavy atom. The number of nitrogens with zero attached hydrogens (tertiary/aromatic N) is 1. The third-order valence-electron chi connectivity index (χ3n) is 5.79. The van der Waals surface area contributed by atoms with Crippen molar-refractivity contribution in [3.63, 3.8) is 0 Å². The maximum atomic E-state index is 12.6. The number of carbonyl (C=O) groups excluding carboxylic acids is 1. The molecule has 0 aliphatic carbocycles. The highest BCUT2D eigenvalue weighted by Gasteiger charge is 2.22. The quantitative estimate of drug-likeness (QED) is 0.458. The van der Waals surface area contributed by atoms with Gasteiger partial charge in [-0.1, -0.05) is 34.4 Å². The molecule has 0 spiro atoms. The van der Waals surface area contributed by atoms with Crippen molar-refractivity contribution in [1.29, 1.82) is 0 Å². The number of hydrogen-bond donors (Lipinski definition) is 1. The highest BCUT2D eigenvalue weighted by molar-refractivity contribution is 6.39. The summed E-state index contributed by atoms with van der Waals surface area (Å²) in [5.74, 6) is 0.423. The van der Waals surface area contributed by atoms with Crippen LogP contribution in [0.2, 0.25) is 10.0 Å². The maximum Gasteiger partial charge on any atom is 0.412 e. The topological polar surface area (TPSA) is 64.4 Å². The van der Waals surface area contributed by atoms with Crippen molar-refractivity contribution in [1.82, 2.24) is 5.16 Å². The van der Waals surface area contributed by atoms with E-state index in [1.54, 1.807) is 25.1 Å². The first-order chi connectivity index (χ1) is 14.1. The molecule has 0 radical (unpaired) electrons. The van der Waals surface area contributed by atoms with Crippen LogP contribution in [-0.2, 0) is 11.3 Å². The fraction of sp³-hybridized carbons (Fsp3) is 0.304. The standard InChI is InChI=1S/C23H24Cl2N2O3/c1-11-12(2)14(4)17(15(5)13(11)3)10-29-23(28)26-21-16(6)30-27-22(21)20-18(24)8-7-9-19(20)25/h7-9H,10H2,1-6H3,(H,26,28). The molecular weight excluding hydrogens is 423 g/mol. The van der Waals surface area contributed by atoms with Crippen LogP contribution in [0, 0.1) is 41.5 Å². The Labute approximate surface area is 186 Å². The fourth-order valence-electron chi connectivity index (χ4n) is 3.48. The Morgan fingerprint density at radius 1 is 0.967 bits per heavy atom. The fourth-order valence-corrected chi connectivity index (χ4v) is 4.06. The summed E-state index contributed by atoms with van der Waals surface area (Å²) in [5, 5.41) is 7.57. The number of halogens is 2. The number of nitrogens with one attached hydrogen (secondary N) is 1. The van der Waals surface area contributed by atoms with Gasteiger partial charge in [0.05, 0.1) is 10.0 Å². The molecule has 1 heterocycles. The lowest BCUT2D eigenvalue weighted by Gasteiger charge is -2.18. The molecule has 0 fully saturated rings. The van der Waals surface area contributed by atoms with Crippen molar-refractivity contribution in [3.8, 4) is 11.3 Å². The lowest BCUT2D eigenvalue weighted by atomic mass is 9.90. The summed E-state index contributed by atoms with van der Waals surface area (Å²) in [7, 11) is 0. The zero-order valence-corrected chi connectivity index (χ0v) is 19.4. The molecule has 0 saturated carbocycles. The van der Waals surface area contributed by atoms with Gasteiger partial charge in [0.1, 0.15) is 18.0 Å². The largest absolute Gasteiger partial charge is 0.444 e. The van der Waals surface area contributed by atoms with Crippen LogP contribution < -0.4 is 5.32 Å². The number of anilines is 1. The number of hydrogen-bond acceptors (Lipinski definition) is 4. The molecule has 5 nitrogen and oxygen atoms in total. The third-order valence-corrected chi connectivity index (χ3v) is 6.42. The average Bonchev–Trinajstić information content (AvgIpc) is 3.05. The highest BCUT2D eigenvalue weighted by atomic mass is 35.5. The van der Waals surface area contributed by atoms with Gasteiger partial charge in [0, 0.05) is 5.56 Å². The smallest absolute Gasteiger partial charge is 0.412 e. The van der Waals surface area contributed by atoms with Gasteiger partial charge in [-0.2, -0.15) is 0 Å². The van der Waals surface area contributed by atoms with Crippen molar-refractivity contribution in [3.05, 3.63) is 67.4 Å². The molecule has 7 heteroatoms. The van der Waals surface area contributed by atoms with E-state index in [0.717, 1.165) is 16.7 Å². The van der Waals surface area contributed by atoms with E-state index in [-0.39, 0.29) is 6.61 Å². The summed E-state index contributed by atoms with van der Waals surface area (Å²) in [5.41, 5.74) is 8.19. The first kappa shape index (κ1) is 22.2. The van der Waals surface area contributed by atoms with Crippen molar-refractivity contribution >= 4 is 35.0 Å². The first-order valence-electron chi connectivity index (χ1n) is 9.53. The number of rotatable bonds is 4. The van der Waals surface area contributed by atoms with Gasteiger partial charge in [0.15, 0.2) is 5.76 Å². The molecule has 0 atom stereocenters. The Kier molecular flexibility index (Phi) is 6.44. The molecule has 0 bridgehead atoms. The van der Waals surface area contributed by atoms with E-state index in [1.165, 1.54) is 16.7 Å². The molecule has 30 heavy (non-hydrogen) atoms. The van der Waals surface area contributed by atoms with E-state index >= 15 is 0 Å². The first-order valence-corrected chi connectivity index (χ1v) is 10.3. The minimum Gasteiger partial charge on any atom is -0.444 e. The van der Waals surface area contributed by atoms with Gasteiger partial charge in [-0.15, -0.1) is 0 Å². The Hall–Kier alpha value is -2.50. The lowest BCUT2D eigenvalue weighted by molar-refractivity contribution is 0.154. The van der Waals surface area contributed by atoms with Crippen molar-refractivity contribution < 1.29 is 14.1 Å². The molecule has 158 valence electrons. The summed E-state index contributed by atoms with van der Waals surface area (Å²) in [6.45, 7) is 12.2. The second-order valence-electron chi connectivity index (χ2n) is 7.36. The van der Waals surface area contributed by atoms with Crippen LogP contribution in [0.1, 0.15) is 39.1 Å². The zero-order chi connectivity index (χ0) is 22.2. The van der Waals surface area contributed by atoms with E-state index in [2.05, 4.69) is 31.2 Å². The molecule has 1 N–H and O–H groups in total. The van der Waals surface area contributed by atoms with Gasteiger partial charge in [0.2, 0.25) is 0 Å². The van der Waals surface area contributed by atoms with E-state index in [0.29, 0.717) is 32.8 Å². The number of carbonyl (C=O) groups is 1.